The first-order chi connectivity index (χ1) is 43.1. The number of nitrogens with zero attached hydrogens (tertiary/aromatic N) is 4. The van der Waals surface area contributed by atoms with E-state index in [0.29, 0.717) is 47.9 Å². The number of fused-ring (bicyclic) bond motifs is 6. The van der Waals surface area contributed by atoms with Gasteiger partial charge in [-0.05, 0) is 116 Å². The molecule has 6 aliphatic heterocycles. The van der Waals surface area contributed by atoms with E-state index in [0.717, 1.165) is 38.5 Å². The minimum Gasteiger partial charge on any atom is -0.870 e. The van der Waals surface area contributed by atoms with Crippen molar-refractivity contribution in [2.45, 2.75) is 216 Å². The number of carboxylic acid groups (broad SMARTS) is 1. The number of ether oxygens (including phenoxy) is 5. The van der Waals surface area contributed by atoms with Crippen LogP contribution in [0.15, 0.2) is 60.7 Å². The zero-order valence-corrected chi connectivity index (χ0v) is 54.1. The molecule has 6 N–H and O–H groups in total. The second-order valence-corrected chi connectivity index (χ2v) is 26.8. The van der Waals surface area contributed by atoms with Crippen molar-refractivity contribution in [3.63, 3.8) is 0 Å². The number of esters is 1. The number of carbonyl (C=O) groups is 10. The van der Waals surface area contributed by atoms with Crippen molar-refractivity contribution in [2.24, 2.45) is 11.8 Å². The van der Waals surface area contributed by atoms with E-state index in [9.17, 15) is 61.8 Å². The van der Waals surface area contributed by atoms with Crippen LogP contribution in [0.25, 0.3) is 0 Å². The molecule has 2 saturated heterocycles. The average molecular weight is 1300 g/mol. The van der Waals surface area contributed by atoms with E-state index in [1.54, 1.807) is 65.8 Å². The number of hydrogen-bond acceptors (Lipinski definition) is 16. The van der Waals surface area contributed by atoms with Gasteiger partial charge < -0.3 is 65.3 Å². The molecule has 0 spiro atoms. The zero-order valence-electron chi connectivity index (χ0n) is 54.1. The van der Waals surface area contributed by atoms with Crippen LogP contribution in [0.4, 0.5) is 28.0 Å². The van der Waals surface area contributed by atoms with Crippen LogP contribution < -0.4 is 40.1 Å². The van der Waals surface area contributed by atoms with Gasteiger partial charge in [-0.15, -0.1) is 0 Å². The van der Waals surface area contributed by atoms with E-state index >= 15 is 0 Å². The van der Waals surface area contributed by atoms with Crippen LogP contribution in [0.5, 0.6) is 0 Å². The van der Waals surface area contributed by atoms with Gasteiger partial charge in [0.05, 0.1) is 33.3 Å². The number of benzene rings is 2. The second kappa shape index (κ2) is 30.1. The van der Waals surface area contributed by atoms with Crippen LogP contribution in [0.2, 0.25) is 0 Å². The third-order valence-corrected chi connectivity index (χ3v) is 17.7. The number of amides is 8. The van der Waals surface area contributed by atoms with Crippen molar-refractivity contribution < 1.29 is 110 Å². The Morgan fingerprint density at radius 1 is 0.602 bits per heavy atom. The number of nitrogens with one attached hydrogen (secondary N) is 4. The largest absolute Gasteiger partial charge is 1.00 e. The van der Waals surface area contributed by atoms with Crippen LogP contribution in [0.1, 0.15) is 154 Å². The molecule has 0 radical (unpaired) electrons. The third-order valence-electron chi connectivity index (χ3n) is 17.7. The van der Waals surface area contributed by atoms with Crippen molar-refractivity contribution in [3.05, 3.63) is 94.6 Å². The Bertz CT molecular complexity index is 3230. The smallest absolute Gasteiger partial charge is 0.870 e. The van der Waals surface area contributed by atoms with Gasteiger partial charge in [0.2, 0.25) is 23.6 Å². The molecule has 2 saturated carbocycles. The van der Waals surface area contributed by atoms with Crippen LogP contribution >= 0.6 is 0 Å². The molecular formula is C65H85F2LiN8O17. The van der Waals surface area contributed by atoms with Crippen molar-refractivity contribution in [1.29, 1.82) is 0 Å². The van der Waals surface area contributed by atoms with Gasteiger partial charge in [-0.3, -0.25) is 29.0 Å². The molecule has 0 aromatic heterocycles. The molecule has 8 amide bonds. The monoisotopic (exact) mass is 1290 g/mol. The van der Waals surface area contributed by atoms with E-state index in [-0.39, 0.29) is 101 Å². The number of halogens is 2. The van der Waals surface area contributed by atoms with Crippen molar-refractivity contribution in [3.8, 4) is 0 Å². The molecule has 93 heavy (non-hydrogen) atoms. The topological polar surface area (TPSA) is 328 Å². The summed E-state index contributed by atoms with van der Waals surface area (Å²) in [6.07, 6.45) is 9.89. The van der Waals surface area contributed by atoms with E-state index in [1.807, 2.05) is 24.3 Å². The van der Waals surface area contributed by atoms with Gasteiger partial charge in [-0.25, -0.2) is 37.5 Å². The van der Waals surface area contributed by atoms with Crippen molar-refractivity contribution >= 4 is 59.9 Å². The number of hydrogen-bond donors (Lipinski definition) is 5. The number of aliphatic carboxylic acids is 1. The maximum absolute atomic E-state index is 14.3. The summed E-state index contributed by atoms with van der Waals surface area (Å²) >= 11 is 0. The third kappa shape index (κ3) is 17.5. The molecule has 10 atom stereocenters. The summed E-state index contributed by atoms with van der Waals surface area (Å²) in [5.74, 6) is -5.56. The molecule has 8 aliphatic rings. The molecule has 2 aromatic rings. The molecular weight excluding hydrogens is 1210 g/mol. The van der Waals surface area contributed by atoms with Gasteiger partial charge in [-0.1, -0.05) is 74.3 Å². The summed E-state index contributed by atoms with van der Waals surface area (Å²) < 4.78 is 56.0. The van der Waals surface area contributed by atoms with Crippen LogP contribution in [-0.4, -0.2) is 169 Å². The van der Waals surface area contributed by atoms with Crippen molar-refractivity contribution in [2.75, 3.05) is 20.2 Å². The van der Waals surface area contributed by atoms with E-state index in [2.05, 4.69) is 21.3 Å². The Hall–Kier alpha value is -7.76. The van der Waals surface area contributed by atoms with Crippen LogP contribution in [0.3, 0.4) is 0 Å². The minimum absolute atomic E-state index is 0. The molecule has 0 bridgehead atoms. The van der Waals surface area contributed by atoms with Gasteiger partial charge in [0, 0.05) is 48.9 Å². The number of rotatable bonds is 6. The molecule has 28 heteroatoms. The fraction of sp³-hybridized carbons (Fsp3) is 0.600. The molecule has 25 nitrogen and oxygen atoms in total. The zero-order chi connectivity index (χ0) is 65.7. The second-order valence-electron chi connectivity index (χ2n) is 26.8. The Balaban J connectivity index is 0.000000258. The molecule has 2 aliphatic carbocycles. The van der Waals surface area contributed by atoms with Gasteiger partial charge in [0.15, 0.2) is 0 Å². The molecule has 10 rings (SSSR count). The maximum Gasteiger partial charge on any atom is 1.00 e. The first kappa shape index (κ1) is 72.7. The Kier molecular flexibility index (Phi) is 23.5. The quantitative estimate of drug-likeness (QED) is 0.117. The maximum atomic E-state index is 14.3. The van der Waals surface area contributed by atoms with Crippen molar-refractivity contribution in [1.82, 2.24) is 40.9 Å². The fourth-order valence-corrected chi connectivity index (χ4v) is 12.8. The number of alkyl carbamates (subject to hydrolysis) is 2. The number of carboxylic acids is 1. The van der Waals surface area contributed by atoms with E-state index in [4.69, 9.17) is 23.7 Å². The van der Waals surface area contributed by atoms with Gasteiger partial charge in [0.25, 0.3) is 0 Å². The average Bonchev–Trinajstić information content (AvgIpc) is 1.59. The van der Waals surface area contributed by atoms with Crippen LogP contribution in [-0.2, 0) is 78.6 Å². The molecule has 2 unspecified atom stereocenters. The van der Waals surface area contributed by atoms with Gasteiger partial charge in [0.1, 0.15) is 70.3 Å². The Labute approximate surface area is 551 Å². The first-order valence-electron chi connectivity index (χ1n) is 31.4. The molecule has 6 heterocycles. The normalized spacial score (nSPS) is 28.4. The summed E-state index contributed by atoms with van der Waals surface area (Å²) in [7, 11) is 1.26. The molecule has 2 aromatic carbocycles. The summed E-state index contributed by atoms with van der Waals surface area (Å²) in [6.45, 7) is 10.4. The summed E-state index contributed by atoms with van der Waals surface area (Å²) in [5.41, 5.74) is -2.17. The first-order valence-corrected chi connectivity index (χ1v) is 31.4. The molecule has 4 fully saturated rings. The van der Waals surface area contributed by atoms with Crippen LogP contribution in [0, 0.1) is 23.5 Å². The summed E-state index contributed by atoms with van der Waals surface area (Å²) in [6, 6.07) is 5.02. The number of methoxy groups -OCH3 is 1. The Morgan fingerprint density at radius 2 is 1.01 bits per heavy atom. The van der Waals surface area contributed by atoms with Gasteiger partial charge >= 0.3 is 55.2 Å². The van der Waals surface area contributed by atoms with E-state index in [1.165, 1.54) is 38.8 Å². The summed E-state index contributed by atoms with van der Waals surface area (Å²) in [4.78, 5) is 138. The van der Waals surface area contributed by atoms with E-state index < -0.39 is 130 Å². The minimum atomic E-state index is -1.49. The van der Waals surface area contributed by atoms with Gasteiger partial charge in [-0.2, -0.15) is 0 Å². The predicted octanol–water partition coefficient (Wildman–Crippen LogP) is 4.16. The number of allylic oxidation sites excluding steroid dienone is 2. The SMILES string of the molecule is CC(C)(C)OC(=O)N[C@@H]1CCCCC/C=C\[C@@H]2CC2(C(=O)O)NC(=O)[C@@H]2C[C@@H](OC(=O)N3Cc4cccc(F)c4C3)CN2C1=O.COC(=O)C12C[C@H]1/C=C\CCCCC[C@@H](NC(=O)OC(C)(C)C)C(=O)N1C[C@H](OC(=O)N3Cc4cccc(F)c4C3)C[C@H]1C(=O)N2.[Li+].[OH-]. The fourth-order valence-electron chi connectivity index (χ4n) is 12.8. The Morgan fingerprint density at radius 3 is 1.41 bits per heavy atom. The standard InChI is InChI=1S/C33H43FN4O8.C32H41FN4O8.Li.H2O/c1-32(2,3)46-30(42)35-25-14-9-7-5-6-8-12-21-16-33(21,29(41)44-4)36-27(39)26-15-22(18-38(26)28(25)40)45-31(43)37-17-20-11-10-13-24(34)23(20)19-37;1-31(2,3)45-29(42)34-24-13-8-6-4-5-7-11-20-15-32(20,28(40)41)35-26(38)25-14-21(17-37(25)27(24)39)44-30(43)36-16-19-10-9-12-23(33)22(19)18-36;;/h8,10-13,21-22,25-26H,5-7,9,14-19H2,1-4H3,(H,35,42)(H,36,39);7,9-12,20-21,24-25H,4-6,8,13-18H2,1-3H3,(H,34,42)(H,35,38)(H,40,41);;1H2/q;;+1;/p-1/b12-8-;11-7-;;/t21-,22-,25-,26+,33?;20-,21-,24-,25+,32?;;/m11../s1. The number of carbonyl (C=O) groups excluding carboxylic acids is 9. The summed E-state index contributed by atoms with van der Waals surface area (Å²) in [5, 5.41) is 20.9. The molecule has 502 valence electrons. The predicted molar refractivity (Wildman–Crippen MR) is 322 cm³/mol.